The van der Waals surface area contributed by atoms with Crippen molar-refractivity contribution in [1.82, 2.24) is 9.55 Å². The topological polar surface area (TPSA) is 81.4 Å². The number of carbonyl (C=O) groups is 1. The predicted octanol–water partition coefficient (Wildman–Crippen LogP) is 3.13. The van der Waals surface area contributed by atoms with E-state index >= 15 is 0 Å². The van der Waals surface area contributed by atoms with E-state index in [-0.39, 0.29) is 29.1 Å². The minimum absolute atomic E-state index is 0.162. The highest BCUT2D eigenvalue weighted by Gasteiger charge is 2.34. The smallest absolute Gasteiger partial charge is 0.340 e. The number of hydrogen-bond donors (Lipinski definition) is 2. The zero-order chi connectivity index (χ0) is 21.9. The fraction of sp³-hybridized carbons (Fsp3) is 0.318. The van der Waals surface area contributed by atoms with Crippen LogP contribution in [0.5, 0.6) is 0 Å². The van der Waals surface area contributed by atoms with Gasteiger partial charge < -0.3 is 14.4 Å². The monoisotopic (exact) mass is 458 g/mol. The van der Waals surface area contributed by atoms with E-state index in [4.69, 9.17) is 9.72 Å². The van der Waals surface area contributed by atoms with E-state index in [1.807, 2.05) is 6.07 Å². The average Bonchev–Trinajstić information content (AvgIpc) is 3.11. The number of aryl methyl sites for hydroxylation is 1. The molecule has 0 saturated heterocycles. The van der Waals surface area contributed by atoms with Gasteiger partial charge in [-0.1, -0.05) is 0 Å². The Balaban J connectivity index is 1.76. The zero-order valence-electron chi connectivity index (χ0n) is 16.6. The van der Waals surface area contributed by atoms with Crippen LogP contribution in [0, 0.1) is 12.7 Å². The number of esters is 1. The van der Waals surface area contributed by atoms with Crippen LogP contribution >= 0.6 is 24.4 Å². The number of aliphatic hydroxyl groups excluding tert-OH is 1. The van der Waals surface area contributed by atoms with E-state index in [0.29, 0.717) is 34.8 Å². The van der Waals surface area contributed by atoms with Gasteiger partial charge in [0.05, 0.1) is 29.0 Å². The van der Waals surface area contributed by atoms with Crippen LogP contribution in [-0.4, -0.2) is 32.1 Å². The molecule has 5 rings (SSSR count). The minimum atomic E-state index is -1.50. The van der Waals surface area contributed by atoms with Crippen molar-refractivity contribution >= 4 is 41.3 Å². The number of fused-ring (bicyclic) bond motifs is 5. The van der Waals surface area contributed by atoms with Crippen LogP contribution in [0.25, 0.3) is 22.3 Å². The van der Waals surface area contributed by atoms with Crippen LogP contribution in [0.1, 0.15) is 33.9 Å². The van der Waals surface area contributed by atoms with E-state index in [1.54, 1.807) is 29.3 Å². The number of aromatic nitrogens is 2. The Morgan fingerprint density at radius 1 is 1.32 bits per heavy atom. The number of hydrogen-bond acceptors (Lipinski definition) is 7. The van der Waals surface area contributed by atoms with Crippen molar-refractivity contribution in [3.8, 4) is 11.4 Å². The number of benzene rings is 1. The number of aliphatic hydroxyl groups is 1. The number of nitrogens with zero attached hydrogens (tertiary/aromatic N) is 2. The van der Waals surface area contributed by atoms with Gasteiger partial charge in [-0.25, -0.2) is 14.2 Å². The molecule has 160 valence electrons. The summed E-state index contributed by atoms with van der Waals surface area (Å²) in [5.41, 5.74) is 4.31. The Bertz CT molecular complexity index is 1320. The molecule has 9 heteroatoms. The Morgan fingerprint density at radius 3 is 2.90 bits per heavy atom. The lowest BCUT2D eigenvalue weighted by atomic mass is 9.98. The molecule has 2 aliphatic heterocycles. The highest BCUT2D eigenvalue weighted by Crippen LogP contribution is 2.39. The second-order valence-electron chi connectivity index (χ2n) is 7.68. The first-order chi connectivity index (χ1) is 14.9. The average molecular weight is 459 g/mol. The molecule has 0 fully saturated rings. The molecule has 2 aliphatic rings. The molecule has 3 aromatic rings. The minimum Gasteiger partial charge on any atom is -0.458 e. The van der Waals surface area contributed by atoms with Crippen molar-refractivity contribution in [2.24, 2.45) is 0 Å². The van der Waals surface area contributed by atoms with Gasteiger partial charge in [-0.2, -0.15) is 24.4 Å². The number of pyridine rings is 2. The van der Waals surface area contributed by atoms with Gasteiger partial charge in [0, 0.05) is 34.1 Å². The third kappa shape index (κ3) is 3.18. The highest BCUT2D eigenvalue weighted by molar-refractivity contribution is 7.99. The number of halogens is 1. The first kappa shape index (κ1) is 20.5. The van der Waals surface area contributed by atoms with Gasteiger partial charge in [-0.3, -0.25) is 4.79 Å². The van der Waals surface area contributed by atoms with Crippen LogP contribution in [0.4, 0.5) is 4.39 Å². The number of thiol groups is 1. The first-order valence-corrected chi connectivity index (χ1v) is 11.6. The Morgan fingerprint density at radius 2 is 2.13 bits per heavy atom. The molecule has 0 aliphatic carbocycles. The standard InChI is InChI=1S/C22H19FN2O4S2/c1-10-4-11-15(9-31-3-2-30)13-7-25-18(19(13)24-17(11)6-16(10)23)5-12-14(21(25)27)8-29-22(28)20(12)26/h4-6,20,26,30H,2-3,7-9H2,1H3. The largest absolute Gasteiger partial charge is 0.458 e. The molecule has 1 aromatic carbocycles. The highest BCUT2D eigenvalue weighted by atomic mass is 32.2. The maximum absolute atomic E-state index is 14.3. The zero-order valence-corrected chi connectivity index (χ0v) is 18.4. The van der Waals surface area contributed by atoms with Gasteiger partial charge >= 0.3 is 5.97 Å². The van der Waals surface area contributed by atoms with Crippen LogP contribution in [0.2, 0.25) is 0 Å². The summed E-state index contributed by atoms with van der Waals surface area (Å²) >= 11 is 6.00. The summed E-state index contributed by atoms with van der Waals surface area (Å²) in [5, 5.41) is 11.1. The lowest BCUT2D eigenvalue weighted by Gasteiger charge is -2.21. The van der Waals surface area contributed by atoms with E-state index < -0.39 is 12.1 Å². The number of rotatable bonds is 4. The predicted molar refractivity (Wildman–Crippen MR) is 120 cm³/mol. The van der Waals surface area contributed by atoms with Gasteiger partial charge in [0.2, 0.25) is 0 Å². The summed E-state index contributed by atoms with van der Waals surface area (Å²) < 4.78 is 20.9. The number of cyclic esters (lactones) is 1. The molecule has 4 heterocycles. The van der Waals surface area contributed by atoms with E-state index in [9.17, 15) is 19.1 Å². The summed E-state index contributed by atoms with van der Waals surface area (Å²) in [6.07, 6.45) is -1.50. The molecule has 0 saturated carbocycles. The van der Waals surface area contributed by atoms with Gasteiger partial charge in [0.1, 0.15) is 12.4 Å². The van der Waals surface area contributed by atoms with Crippen LogP contribution in [-0.2, 0) is 28.4 Å². The molecule has 0 amide bonds. The van der Waals surface area contributed by atoms with Crippen LogP contribution in [0.3, 0.4) is 0 Å². The molecule has 1 atom stereocenters. The lowest BCUT2D eigenvalue weighted by molar-refractivity contribution is -0.157. The molecule has 0 bridgehead atoms. The Hall–Kier alpha value is -2.36. The maximum Gasteiger partial charge on any atom is 0.340 e. The third-order valence-electron chi connectivity index (χ3n) is 5.84. The molecule has 1 unspecified atom stereocenters. The van der Waals surface area contributed by atoms with E-state index in [1.165, 1.54) is 6.07 Å². The summed E-state index contributed by atoms with van der Waals surface area (Å²) in [4.78, 5) is 29.7. The molecule has 6 nitrogen and oxygen atoms in total. The van der Waals surface area contributed by atoms with Crippen LogP contribution < -0.4 is 5.56 Å². The number of ether oxygens (including phenoxy) is 1. The quantitative estimate of drug-likeness (QED) is 0.278. The summed E-state index contributed by atoms with van der Waals surface area (Å²) in [6, 6.07) is 4.87. The molecule has 31 heavy (non-hydrogen) atoms. The van der Waals surface area contributed by atoms with Crippen molar-refractivity contribution in [2.45, 2.75) is 31.9 Å². The summed E-state index contributed by atoms with van der Waals surface area (Å²) in [5.74, 6) is 1.16. The maximum atomic E-state index is 14.3. The molecule has 0 spiro atoms. The van der Waals surface area contributed by atoms with Crippen molar-refractivity contribution in [1.29, 1.82) is 0 Å². The van der Waals surface area contributed by atoms with Crippen molar-refractivity contribution in [2.75, 3.05) is 11.5 Å². The third-order valence-corrected chi connectivity index (χ3v) is 7.35. The molecular formula is C22H19FN2O4S2. The van der Waals surface area contributed by atoms with Gasteiger partial charge in [-0.15, -0.1) is 0 Å². The van der Waals surface area contributed by atoms with Gasteiger partial charge in [-0.05, 0) is 35.9 Å². The Labute approximate surface area is 186 Å². The van der Waals surface area contributed by atoms with Gasteiger partial charge in [0.25, 0.3) is 5.56 Å². The molecule has 1 N–H and O–H groups in total. The summed E-state index contributed by atoms with van der Waals surface area (Å²) in [6.45, 7) is 1.89. The van der Waals surface area contributed by atoms with Gasteiger partial charge in [0.15, 0.2) is 6.10 Å². The lowest BCUT2D eigenvalue weighted by Crippen LogP contribution is -2.32. The fourth-order valence-corrected chi connectivity index (χ4v) is 5.44. The fourth-order valence-electron chi connectivity index (χ4n) is 4.24. The molecule has 0 radical (unpaired) electrons. The Kier molecular flexibility index (Phi) is 5.07. The van der Waals surface area contributed by atoms with Crippen LogP contribution in [0.15, 0.2) is 23.0 Å². The number of thioether (sulfide) groups is 1. The normalized spacial score (nSPS) is 16.8. The SMILES string of the molecule is Cc1cc2c(CSCCS)c3c(nc2cc1F)-c1cc2c(c(=O)n1C3)COC(=O)C2O. The molecular weight excluding hydrogens is 439 g/mol. The first-order valence-electron chi connectivity index (χ1n) is 9.82. The summed E-state index contributed by atoms with van der Waals surface area (Å²) in [7, 11) is 0. The molecule has 2 aromatic heterocycles. The second-order valence-corrected chi connectivity index (χ2v) is 9.23. The second kappa shape index (κ2) is 7.65. The van der Waals surface area contributed by atoms with Crippen molar-refractivity contribution < 1.29 is 19.0 Å². The van der Waals surface area contributed by atoms with Crippen molar-refractivity contribution in [3.63, 3.8) is 0 Å². The van der Waals surface area contributed by atoms with E-state index in [2.05, 4.69) is 12.6 Å². The van der Waals surface area contributed by atoms with Crippen molar-refractivity contribution in [3.05, 3.63) is 62.2 Å². The van der Waals surface area contributed by atoms with E-state index in [0.717, 1.165) is 28.0 Å². The number of carbonyl (C=O) groups excluding carboxylic acids is 1.